The Hall–Kier alpha value is -2.10. The third kappa shape index (κ3) is 2.91. The first-order chi connectivity index (χ1) is 10.7. The number of rotatable bonds is 4. The molecule has 0 aliphatic rings. The Balaban J connectivity index is 2.12. The maximum atomic E-state index is 12.7. The predicted molar refractivity (Wildman–Crippen MR) is 90.4 cm³/mol. The lowest BCUT2D eigenvalue weighted by Gasteiger charge is -2.12. The van der Waals surface area contributed by atoms with E-state index in [1.165, 1.54) is 23.1 Å². The van der Waals surface area contributed by atoms with Gasteiger partial charge in [-0.2, -0.15) is 5.26 Å². The van der Waals surface area contributed by atoms with E-state index in [0.29, 0.717) is 21.9 Å². The average Bonchev–Trinajstić information content (AvgIpc) is 3.00. The molecular weight excluding hydrogens is 314 g/mol. The van der Waals surface area contributed by atoms with Gasteiger partial charge in [0.1, 0.15) is 4.70 Å². The molecule has 3 aromatic rings. The first-order valence-corrected chi connectivity index (χ1v) is 8.53. The van der Waals surface area contributed by atoms with Gasteiger partial charge in [0, 0.05) is 0 Å². The summed E-state index contributed by atoms with van der Waals surface area (Å²) in [6, 6.07) is 13.8. The Bertz CT molecular complexity index is 893. The summed E-state index contributed by atoms with van der Waals surface area (Å²) in [6.45, 7) is 2.27. The number of fused-ring (bicyclic) bond motifs is 1. The second kappa shape index (κ2) is 6.34. The normalized spacial score (nSPS) is 12.2. The number of hydrogen-bond donors (Lipinski definition) is 0. The van der Waals surface area contributed by atoms with Gasteiger partial charge in [-0.05, 0) is 23.9 Å². The molecule has 2 aromatic heterocycles. The van der Waals surface area contributed by atoms with Gasteiger partial charge in [-0.1, -0.05) is 42.1 Å². The van der Waals surface area contributed by atoms with Gasteiger partial charge in [0.25, 0.3) is 5.56 Å². The summed E-state index contributed by atoms with van der Waals surface area (Å²) in [5.74, 6) is 0. The third-order valence-electron chi connectivity index (χ3n) is 3.18. The van der Waals surface area contributed by atoms with Crippen LogP contribution >= 0.6 is 23.1 Å². The molecule has 0 fully saturated rings. The van der Waals surface area contributed by atoms with Crippen LogP contribution in [0.5, 0.6) is 0 Å². The molecule has 0 amide bonds. The first kappa shape index (κ1) is 14.8. The van der Waals surface area contributed by atoms with Crippen LogP contribution < -0.4 is 5.56 Å². The molecule has 22 heavy (non-hydrogen) atoms. The maximum Gasteiger partial charge on any atom is 0.272 e. The minimum absolute atomic E-state index is 0.0449. The van der Waals surface area contributed by atoms with Crippen LogP contribution in [0, 0.1) is 11.3 Å². The number of thioether (sulfide) groups is 1. The number of aromatic nitrogens is 2. The number of hydrogen-bond acceptors (Lipinski definition) is 5. The minimum Gasteiger partial charge on any atom is -0.282 e. The zero-order valence-electron chi connectivity index (χ0n) is 11.9. The maximum absolute atomic E-state index is 12.7. The Kier molecular flexibility index (Phi) is 4.27. The molecule has 1 unspecified atom stereocenters. The highest BCUT2D eigenvalue weighted by atomic mass is 32.2. The van der Waals surface area contributed by atoms with Crippen LogP contribution in [-0.2, 0) is 6.54 Å². The van der Waals surface area contributed by atoms with E-state index >= 15 is 0 Å². The highest BCUT2D eigenvalue weighted by molar-refractivity contribution is 8.00. The standard InChI is InChI=1S/C16H13N3OS2/c1-11(9-17)22-16-18-13-7-8-21-14(13)15(20)19(16)10-12-5-3-2-4-6-12/h2-8,11H,10H2,1H3. The molecule has 2 heterocycles. The van der Waals surface area contributed by atoms with Crippen molar-refractivity contribution in [2.45, 2.75) is 23.9 Å². The molecule has 0 spiro atoms. The van der Waals surface area contributed by atoms with Crippen LogP contribution in [0.1, 0.15) is 12.5 Å². The molecular formula is C16H13N3OS2. The van der Waals surface area contributed by atoms with Gasteiger partial charge in [0.2, 0.25) is 0 Å². The zero-order valence-corrected chi connectivity index (χ0v) is 13.5. The van der Waals surface area contributed by atoms with Crippen LogP contribution in [0.2, 0.25) is 0 Å². The largest absolute Gasteiger partial charge is 0.282 e. The second-order valence-electron chi connectivity index (χ2n) is 4.80. The Morgan fingerprint density at radius 2 is 2.14 bits per heavy atom. The summed E-state index contributed by atoms with van der Waals surface area (Å²) < 4.78 is 2.32. The van der Waals surface area contributed by atoms with Crippen molar-refractivity contribution in [3.8, 4) is 6.07 Å². The summed E-state index contributed by atoms with van der Waals surface area (Å²) in [4.78, 5) is 17.3. The van der Waals surface area contributed by atoms with Gasteiger partial charge >= 0.3 is 0 Å². The van der Waals surface area contributed by atoms with E-state index in [1.54, 1.807) is 4.57 Å². The van der Waals surface area contributed by atoms with Crippen LogP contribution in [0.3, 0.4) is 0 Å². The van der Waals surface area contributed by atoms with E-state index < -0.39 is 0 Å². The molecule has 0 aliphatic carbocycles. The Labute approximate surface area is 136 Å². The second-order valence-corrected chi connectivity index (χ2v) is 7.02. The van der Waals surface area contributed by atoms with Gasteiger partial charge in [0.05, 0.1) is 23.4 Å². The quantitative estimate of drug-likeness (QED) is 0.543. The Morgan fingerprint density at radius 1 is 1.36 bits per heavy atom. The van der Waals surface area contributed by atoms with Crippen molar-refractivity contribution in [3.05, 3.63) is 57.7 Å². The lowest BCUT2D eigenvalue weighted by molar-refractivity contribution is 0.659. The van der Waals surface area contributed by atoms with E-state index in [-0.39, 0.29) is 10.8 Å². The summed E-state index contributed by atoms with van der Waals surface area (Å²) >= 11 is 2.72. The number of benzene rings is 1. The van der Waals surface area contributed by atoms with Crippen molar-refractivity contribution >= 4 is 33.3 Å². The van der Waals surface area contributed by atoms with Crippen molar-refractivity contribution < 1.29 is 0 Å². The van der Waals surface area contributed by atoms with E-state index in [9.17, 15) is 4.79 Å². The lowest BCUT2D eigenvalue weighted by Crippen LogP contribution is -2.23. The van der Waals surface area contributed by atoms with Crippen LogP contribution in [0.15, 0.2) is 51.7 Å². The summed E-state index contributed by atoms with van der Waals surface area (Å²) in [5.41, 5.74) is 1.69. The lowest BCUT2D eigenvalue weighted by atomic mass is 10.2. The number of thiophene rings is 1. The van der Waals surface area contributed by atoms with Gasteiger partial charge < -0.3 is 0 Å². The van der Waals surface area contributed by atoms with Crippen LogP contribution in [0.25, 0.3) is 10.2 Å². The van der Waals surface area contributed by atoms with E-state index in [0.717, 1.165) is 5.56 Å². The van der Waals surface area contributed by atoms with Crippen LogP contribution in [0.4, 0.5) is 0 Å². The molecule has 0 saturated carbocycles. The third-order valence-corrected chi connectivity index (χ3v) is 5.05. The van der Waals surface area contributed by atoms with Crippen LogP contribution in [-0.4, -0.2) is 14.8 Å². The molecule has 110 valence electrons. The van der Waals surface area contributed by atoms with Gasteiger partial charge in [-0.15, -0.1) is 11.3 Å². The summed E-state index contributed by atoms with van der Waals surface area (Å²) in [6.07, 6.45) is 0. The average molecular weight is 327 g/mol. The molecule has 6 heteroatoms. The van der Waals surface area contributed by atoms with E-state index in [4.69, 9.17) is 5.26 Å². The molecule has 0 saturated heterocycles. The number of nitriles is 1. The van der Waals surface area contributed by atoms with Crippen molar-refractivity contribution in [1.82, 2.24) is 9.55 Å². The van der Waals surface area contributed by atoms with Gasteiger partial charge in [-0.25, -0.2) is 4.98 Å². The van der Waals surface area contributed by atoms with Crippen molar-refractivity contribution in [2.24, 2.45) is 0 Å². The fraction of sp³-hybridized carbons (Fsp3) is 0.188. The smallest absolute Gasteiger partial charge is 0.272 e. The fourth-order valence-corrected chi connectivity index (χ4v) is 3.68. The molecule has 0 aliphatic heterocycles. The highest BCUT2D eigenvalue weighted by Crippen LogP contribution is 2.24. The predicted octanol–water partition coefficient (Wildman–Crippen LogP) is 3.51. The summed E-state index contributed by atoms with van der Waals surface area (Å²) in [7, 11) is 0. The van der Waals surface area contributed by atoms with Crippen molar-refractivity contribution in [3.63, 3.8) is 0 Å². The molecule has 1 aromatic carbocycles. The molecule has 0 radical (unpaired) electrons. The van der Waals surface area contributed by atoms with Gasteiger partial charge in [-0.3, -0.25) is 9.36 Å². The SMILES string of the molecule is CC(C#N)Sc1nc2ccsc2c(=O)n1Cc1ccccc1. The van der Waals surface area contributed by atoms with E-state index in [1.807, 2.05) is 48.7 Å². The minimum atomic E-state index is -0.259. The van der Waals surface area contributed by atoms with Crippen molar-refractivity contribution in [1.29, 1.82) is 5.26 Å². The van der Waals surface area contributed by atoms with E-state index in [2.05, 4.69) is 11.1 Å². The summed E-state index contributed by atoms with van der Waals surface area (Å²) in [5, 5.41) is 11.2. The first-order valence-electron chi connectivity index (χ1n) is 6.77. The molecule has 0 N–H and O–H groups in total. The molecule has 1 atom stereocenters. The fourth-order valence-electron chi connectivity index (χ4n) is 2.10. The molecule has 0 bridgehead atoms. The number of nitrogens with zero attached hydrogens (tertiary/aromatic N) is 3. The molecule has 4 nitrogen and oxygen atoms in total. The Morgan fingerprint density at radius 3 is 2.86 bits per heavy atom. The highest BCUT2D eigenvalue weighted by Gasteiger charge is 2.15. The topological polar surface area (TPSA) is 58.7 Å². The monoisotopic (exact) mass is 327 g/mol. The zero-order chi connectivity index (χ0) is 15.5. The van der Waals surface area contributed by atoms with Crippen molar-refractivity contribution in [2.75, 3.05) is 0 Å². The molecule has 3 rings (SSSR count). The van der Waals surface area contributed by atoms with Gasteiger partial charge in [0.15, 0.2) is 5.16 Å².